The number of aromatic nitrogens is 1. The summed E-state index contributed by atoms with van der Waals surface area (Å²) in [6.45, 7) is 3.85. The Hall–Kier alpha value is -2.93. The summed E-state index contributed by atoms with van der Waals surface area (Å²) in [4.78, 5) is 16.4. The van der Waals surface area contributed by atoms with E-state index >= 15 is 0 Å². The van der Waals surface area contributed by atoms with Crippen molar-refractivity contribution >= 4 is 17.4 Å². The second-order valence-corrected chi connectivity index (χ2v) is 9.90. The van der Waals surface area contributed by atoms with Gasteiger partial charge < -0.3 is 14.5 Å². The first kappa shape index (κ1) is 22.8. The van der Waals surface area contributed by atoms with Gasteiger partial charge in [0.25, 0.3) is 6.47 Å². The van der Waals surface area contributed by atoms with Crippen molar-refractivity contribution in [3.05, 3.63) is 59.3 Å². The van der Waals surface area contributed by atoms with Crippen LogP contribution in [-0.4, -0.2) is 35.9 Å². The van der Waals surface area contributed by atoms with Crippen molar-refractivity contribution in [2.75, 3.05) is 13.7 Å². The molecule has 2 aliphatic rings. The maximum Gasteiger partial charge on any atom is 0.298 e. The Kier molecular flexibility index (Phi) is 5.84. The molecule has 2 fully saturated rings. The van der Waals surface area contributed by atoms with Crippen molar-refractivity contribution in [3.63, 3.8) is 0 Å². The number of hydrogen-bond donors (Lipinski definition) is 1. The summed E-state index contributed by atoms with van der Waals surface area (Å²) in [6.07, 6.45) is 3.88. The molecular formula is C27H30F2N2O3. The molecule has 1 saturated heterocycles. The van der Waals surface area contributed by atoms with Crippen molar-refractivity contribution in [3.8, 4) is 11.5 Å². The number of carbonyl (C=O) groups is 1. The fraction of sp³-hybridized carbons (Fsp3) is 0.444. The number of ether oxygens (including phenoxy) is 2. The zero-order valence-electron chi connectivity index (χ0n) is 19.6. The van der Waals surface area contributed by atoms with Crippen molar-refractivity contribution in [2.24, 2.45) is 5.41 Å². The normalized spacial score (nSPS) is 24.5. The van der Waals surface area contributed by atoms with Crippen LogP contribution in [0.15, 0.2) is 42.6 Å². The van der Waals surface area contributed by atoms with Gasteiger partial charge >= 0.3 is 0 Å². The first-order valence-corrected chi connectivity index (χ1v) is 11.8. The van der Waals surface area contributed by atoms with Gasteiger partial charge in [0.05, 0.1) is 7.11 Å². The SMILES string of the molecule is COc1cc(C)c2[nH]ccc2c1CN1CCC2(CCC(F)(F)C2)CC1c1ccc(OC=O)cc1. The standard InChI is InChI=1S/C27H30F2N2O3/c1-18-13-24(33-2)22(21-7-11-30-25(18)21)15-31-12-10-26(8-9-27(28,29)16-26)14-23(31)19-3-5-20(6-4-19)34-17-32/h3-7,11,13,17,23,30H,8-10,12,14-16H2,1-2H3. The number of benzene rings is 2. The lowest BCUT2D eigenvalue weighted by molar-refractivity contribution is -0.120. The van der Waals surface area contributed by atoms with Gasteiger partial charge in [0.15, 0.2) is 0 Å². The lowest BCUT2D eigenvalue weighted by atomic mass is 9.72. The summed E-state index contributed by atoms with van der Waals surface area (Å²) in [5, 5.41) is 1.12. The smallest absolute Gasteiger partial charge is 0.298 e. The summed E-state index contributed by atoms with van der Waals surface area (Å²) >= 11 is 0. The van der Waals surface area contributed by atoms with Crippen LogP contribution in [0.4, 0.5) is 8.78 Å². The molecule has 2 heterocycles. The third kappa shape index (κ3) is 4.17. The first-order chi connectivity index (χ1) is 16.3. The predicted octanol–water partition coefficient (Wildman–Crippen LogP) is 6.16. The Morgan fingerprint density at radius 1 is 1.18 bits per heavy atom. The number of halogens is 2. The van der Waals surface area contributed by atoms with Gasteiger partial charge in [0.1, 0.15) is 11.5 Å². The van der Waals surface area contributed by atoms with Gasteiger partial charge in [-0.3, -0.25) is 9.69 Å². The molecule has 1 spiro atoms. The van der Waals surface area contributed by atoms with Crippen LogP contribution in [0, 0.1) is 12.3 Å². The highest BCUT2D eigenvalue weighted by Gasteiger charge is 2.52. The Labute approximate surface area is 198 Å². The molecular weight excluding hydrogens is 438 g/mol. The summed E-state index contributed by atoms with van der Waals surface area (Å²) in [5.74, 6) is -1.27. The number of H-pyrrole nitrogens is 1. The first-order valence-electron chi connectivity index (χ1n) is 11.8. The average molecular weight is 469 g/mol. The highest BCUT2D eigenvalue weighted by Crippen LogP contribution is 2.56. The number of alkyl halides is 2. The summed E-state index contributed by atoms with van der Waals surface area (Å²) < 4.78 is 39.3. The van der Waals surface area contributed by atoms with E-state index in [4.69, 9.17) is 9.47 Å². The number of piperidine rings is 1. The Balaban J connectivity index is 1.51. The van der Waals surface area contributed by atoms with Crippen LogP contribution in [0.3, 0.4) is 0 Å². The van der Waals surface area contributed by atoms with E-state index in [-0.39, 0.29) is 24.3 Å². The fourth-order valence-corrected chi connectivity index (χ4v) is 6.07. The van der Waals surface area contributed by atoms with E-state index in [0.29, 0.717) is 31.6 Å². The lowest BCUT2D eigenvalue weighted by Crippen LogP contribution is -2.41. The topological polar surface area (TPSA) is 54.6 Å². The van der Waals surface area contributed by atoms with Gasteiger partial charge in [-0.05, 0) is 73.5 Å². The molecule has 0 radical (unpaired) electrons. The molecule has 2 aromatic carbocycles. The van der Waals surface area contributed by atoms with Crippen LogP contribution < -0.4 is 9.47 Å². The minimum absolute atomic E-state index is 0.0204. The number of hydrogen-bond acceptors (Lipinski definition) is 4. The van der Waals surface area contributed by atoms with E-state index in [0.717, 1.165) is 46.3 Å². The third-order valence-corrected chi connectivity index (χ3v) is 7.79. The van der Waals surface area contributed by atoms with E-state index < -0.39 is 5.92 Å². The Morgan fingerprint density at radius 2 is 1.97 bits per heavy atom. The van der Waals surface area contributed by atoms with E-state index in [9.17, 15) is 13.6 Å². The molecule has 5 rings (SSSR count). The fourth-order valence-electron chi connectivity index (χ4n) is 6.07. The minimum Gasteiger partial charge on any atom is -0.496 e. The van der Waals surface area contributed by atoms with Crippen LogP contribution in [0.1, 0.15) is 54.8 Å². The molecule has 34 heavy (non-hydrogen) atoms. The molecule has 3 aromatic rings. The van der Waals surface area contributed by atoms with E-state index in [2.05, 4.69) is 28.9 Å². The van der Waals surface area contributed by atoms with Crippen LogP contribution >= 0.6 is 0 Å². The number of nitrogens with zero attached hydrogens (tertiary/aromatic N) is 1. The van der Waals surface area contributed by atoms with Crippen LogP contribution in [0.5, 0.6) is 11.5 Å². The highest BCUT2D eigenvalue weighted by atomic mass is 19.3. The molecule has 1 N–H and O–H groups in total. The zero-order valence-corrected chi connectivity index (χ0v) is 19.6. The Bertz CT molecular complexity index is 1190. The predicted molar refractivity (Wildman–Crippen MR) is 126 cm³/mol. The Morgan fingerprint density at radius 3 is 2.65 bits per heavy atom. The molecule has 2 unspecified atom stereocenters. The van der Waals surface area contributed by atoms with Gasteiger partial charge in [0.2, 0.25) is 5.92 Å². The quantitative estimate of drug-likeness (QED) is 0.440. The molecule has 1 aliphatic carbocycles. The number of carbonyl (C=O) groups excluding carboxylic acids is 1. The maximum absolute atomic E-state index is 14.3. The summed E-state index contributed by atoms with van der Waals surface area (Å²) in [6, 6.07) is 11.5. The number of methoxy groups -OCH3 is 1. The van der Waals surface area contributed by atoms with Gasteiger partial charge in [-0.15, -0.1) is 0 Å². The van der Waals surface area contributed by atoms with Crippen LogP contribution in [0.25, 0.3) is 10.9 Å². The zero-order chi connectivity index (χ0) is 23.9. The summed E-state index contributed by atoms with van der Waals surface area (Å²) in [5.41, 5.74) is 4.01. The number of nitrogens with one attached hydrogen (secondary N) is 1. The van der Waals surface area contributed by atoms with Gasteiger partial charge in [0, 0.05) is 48.1 Å². The van der Waals surface area contributed by atoms with Crippen molar-refractivity contribution in [1.82, 2.24) is 9.88 Å². The van der Waals surface area contributed by atoms with Crippen molar-refractivity contribution in [1.29, 1.82) is 0 Å². The second-order valence-electron chi connectivity index (χ2n) is 9.90. The van der Waals surface area contributed by atoms with E-state index in [1.54, 1.807) is 19.2 Å². The molecule has 1 aliphatic heterocycles. The number of likely N-dealkylation sites (tertiary alicyclic amines) is 1. The monoisotopic (exact) mass is 468 g/mol. The molecule has 1 saturated carbocycles. The van der Waals surface area contributed by atoms with E-state index in [1.807, 2.05) is 18.3 Å². The van der Waals surface area contributed by atoms with Crippen molar-refractivity contribution in [2.45, 2.75) is 57.5 Å². The lowest BCUT2D eigenvalue weighted by Gasteiger charge is -2.45. The molecule has 2 atom stereocenters. The molecule has 5 nitrogen and oxygen atoms in total. The average Bonchev–Trinajstić information content (AvgIpc) is 3.42. The third-order valence-electron chi connectivity index (χ3n) is 7.79. The second kappa shape index (κ2) is 8.69. The van der Waals surface area contributed by atoms with Crippen LogP contribution in [-0.2, 0) is 11.3 Å². The largest absolute Gasteiger partial charge is 0.496 e. The maximum atomic E-state index is 14.3. The van der Waals surface area contributed by atoms with Gasteiger partial charge in [-0.1, -0.05) is 12.1 Å². The number of rotatable bonds is 6. The molecule has 7 heteroatoms. The van der Waals surface area contributed by atoms with Gasteiger partial charge in [-0.2, -0.15) is 0 Å². The van der Waals surface area contributed by atoms with Gasteiger partial charge in [-0.25, -0.2) is 8.78 Å². The highest BCUT2D eigenvalue weighted by molar-refractivity contribution is 5.88. The van der Waals surface area contributed by atoms with Crippen molar-refractivity contribution < 1.29 is 23.0 Å². The number of aromatic amines is 1. The van der Waals surface area contributed by atoms with E-state index in [1.165, 1.54) is 0 Å². The number of fused-ring (bicyclic) bond motifs is 1. The molecule has 0 bridgehead atoms. The van der Waals surface area contributed by atoms with Crippen LogP contribution in [0.2, 0.25) is 0 Å². The molecule has 1 aromatic heterocycles. The summed E-state index contributed by atoms with van der Waals surface area (Å²) in [7, 11) is 1.69. The molecule has 180 valence electrons. The number of aryl methyl sites for hydroxylation is 1. The minimum atomic E-state index is -2.58. The molecule has 0 amide bonds.